The monoisotopic (exact) mass is 276 g/mol. The molecule has 0 aliphatic carbocycles. The Morgan fingerprint density at radius 1 is 1.50 bits per heavy atom. The summed E-state index contributed by atoms with van der Waals surface area (Å²) in [5.74, 6) is 0.689. The van der Waals surface area contributed by atoms with Crippen LogP contribution in [-0.4, -0.2) is 4.37 Å². The molecule has 0 amide bonds. The van der Waals surface area contributed by atoms with E-state index in [0.717, 1.165) is 17.1 Å². The number of aromatic nitrogens is 1. The van der Waals surface area contributed by atoms with Crippen LogP contribution in [0.5, 0.6) is 10.8 Å². The van der Waals surface area contributed by atoms with Crippen LogP contribution in [0.15, 0.2) is 36.9 Å². The Balaban J connectivity index is 2.34. The molecular formula is C13H9ClN2OS. The van der Waals surface area contributed by atoms with Crippen molar-refractivity contribution in [1.82, 2.24) is 4.37 Å². The lowest BCUT2D eigenvalue weighted by Gasteiger charge is -2.07. The van der Waals surface area contributed by atoms with E-state index in [4.69, 9.17) is 21.6 Å². The molecule has 0 radical (unpaired) electrons. The van der Waals surface area contributed by atoms with E-state index in [0.29, 0.717) is 17.2 Å². The number of para-hydroxylation sites is 1. The molecule has 1 aromatic carbocycles. The molecule has 2 aromatic rings. The third kappa shape index (κ3) is 2.53. The lowest BCUT2D eigenvalue weighted by molar-refractivity contribution is 0.490. The number of benzene rings is 1. The van der Waals surface area contributed by atoms with Crippen molar-refractivity contribution < 1.29 is 4.74 Å². The van der Waals surface area contributed by atoms with Crippen molar-refractivity contribution in [3.63, 3.8) is 0 Å². The summed E-state index contributed by atoms with van der Waals surface area (Å²) in [4.78, 5) is 0. The van der Waals surface area contributed by atoms with Gasteiger partial charge in [0.2, 0.25) is 5.06 Å². The number of hydrogen-bond donors (Lipinski definition) is 0. The Morgan fingerprint density at radius 3 is 3.00 bits per heavy atom. The average Bonchev–Trinajstić information content (AvgIpc) is 2.72. The molecule has 0 unspecified atom stereocenters. The second-order valence-electron chi connectivity index (χ2n) is 3.45. The quantitative estimate of drug-likeness (QED) is 0.787. The molecule has 90 valence electrons. The van der Waals surface area contributed by atoms with E-state index < -0.39 is 0 Å². The van der Waals surface area contributed by atoms with Gasteiger partial charge in [0.15, 0.2) is 5.15 Å². The van der Waals surface area contributed by atoms with Crippen LogP contribution in [0, 0.1) is 11.3 Å². The van der Waals surface area contributed by atoms with Gasteiger partial charge in [-0.2, -0.15) is 9.64 Å². The summed E-state index contributed by atoms with van der Waals surface area (Å²) < 4.78 is 9.60. The summed E-state index contributed by atoms with van der Waals surface area (Å²) in [6.45, 7) is 3.70. The molecule has 2 rings (SSSR count). The van der Waals surface area contributed by atoms with Crippen LogP contribution in [-0.2, 0) is 6.42 Å². The summed E-state index contributed by atoms with van der Waals surface area (Å²) in [6.07, 6.45) is 2.50. The first-order chi connectivity index (χ1) is 8.76. The van der Waals surface area contributed by atoms with Gasteiger partial charge in [0.25, 0.3) is 0 Å². The molecule has 0 bridgehead atoms. The van der Waals surface area contributed by atoms with E-state index in [2.05, 4.69) is 11.0 Å². The molecule has 0 saturated carbocycles. The van der Waals surface area contributed by atoms with Gasteiger partial charge in [0.05, 0.1) is 0 Å². The van der Waals surface area contributed by atoms with Crippen LogP contribution < -0.4 is 4.74 Å². The standard InChI is InChI=1S/C13H9ClN2OS/c1-2-5-9-6-3-4-7-11(9)17-13-10(8-15)12(14)16-18-13/h2-4,6-7H,1,5H2. The van der Waals surface area contributed by atoms with Gasteiger partial charge in [-0.3, -0.25) is 0 Å². The van der Waals surface area contributed by atoms with Crippen molar-refractivity contribution >= 4 is 23.1 Å². The minimum Gasteiger partial charge on any atom is -0.443 e. The van der Waals surface area contributed by atoms with Gasteiger partial charge in [0.1, 0.15) is 17.4 Å². The fourth-order valence-corrected chi connectivity index (χ4v) is 2.35. The van der Waals surface area contributed by atoms with Gasteiger partial charge in [0, 0.05) is 11.5 Å². The molecular weight excluding hydrogens is 268 g/mol. The Bertz CT molecular complexity index is 616. The molecule has 5 heteroatoms. The van der Waals surface area contributed by atoms with Crippen LogP contribution in [0.3, 0.4) is 0 Å². The van der Waals surface area contributed by atoms with Gasteiger partial charge in [-0.25, -0.2) is 0 Å². The molecule has 3 nitrogen and oxygen atoms in total. The molecule has 0 saturated heterocycles. The summed E-state index contributed by atoms with van der Waals surface area (Å²) >= 11 is 6.86. The summed E-state index contributed by atoms with van der Waals surface area (Å²) in [5.41, 5.74) is 1.27. The third-order valence-corrected chi connectivity index (χ3v) is 3.37. The summed E-state index contributed by atoms with van der Waals surface area (Å²) in [6, 6.07) is 9.58. The maximum absolute atomic E-state index is 8.97. The topological polar surface area (TPSA) is 45.9 Å². The van der Waals surface area contributed by atoms with Crippen LogP contribution >= 0.6 is 23.1 Å². The van der Waals surface area contributed by atoms with Gasteiger partial charge in [-0.1, -0.05) is 35.9 Å². The van der Waals surface area contributed by atoms with Crippen molar-refractivity contribution in [2.75, 3.05) is 0 Å². The minimum atomic E-state index is 0.179. The SMILES string of the molecule is C=CCc1ccccc1Oc1snc(Cl)c1C#N. The zero-order valence-electron chi connectivity index (χ0n) is 9.39. The molecule has 0 atom stereocenters. The van der Waals surface area contributed by atoms with E-state index in [1.807, 2.05) is 30.3 Å². The highest BCUT2D eigenvalue weighted by Gasteiger charge is 2.14. The number of halogens is 1. The molecule has 0 aliphatic heterocycles. The number of nitriles is 1. The Kier molecular flexibility index (Phi) is 3.98. The predicted molar refractivity (Wildman–Crippen MR) is 72.3 cm³/mol. The highest BCUT2D eigenvalue weighted by molar-refractivity contribution is 7.08. The van der Waals surface area contributed by atoms with E-state index in [1.165, 1.54) is 0 Å². The largest absolute Gasteiger partial charge is 0.443 e. The lowest BCUT2D eigenvalue weighted by atomic mass is 10.1. The van der Waals surface area contributed by atoms with Crippen LogP contribution in [0.4, 0.5) is 0 Å². The highest BCUT2D eigenvalue weighted by atomic mass is 35.5. The van der Waals surface area contributed by atoms with E-state index in [1.54, 1.807) is 6.08 Å². The maximum atomic E-state index is 8.97. The maximum Gasteiger partial charge on any atom is 0.219 e. The van der Waals surface area contributed by atoms with Gasteiger partial charge in [-0.15, -0.1) is 6.58 Å². The first kappa shape index (κ1) is 12.6. The second kappa shape index (κ2) is 5.67. The number of rotatable bonds is 4. The number of hydrogen-bond acceptors (Lipinski definition) is 4. The Morgan fingerprint density at radius 2 is 2.28 bits per heavy atom. The van der Waals surface area contributed by atoms with Crippen LogP contribution in [0.25, 0.3) is 0 Å². The number of allylic oxidation sites excluding steroid dienone is 1. The fourth-order valence-electron chi connectivity index (χ4n) is 1.45. The molecule has 18 heavy (non-hydrogen) atoms. The Labute approximate surface area is 114 Å². The van der Waals surface area contributed by atoms with Crippen molar-refractivity contribution in [2.24, 2.45) is 0 Å². The normalized spacial score (nSPS) is 9.78. The Hall–Kier alpha value is -1.83. The zero-order chi connectivity index (χ0) is 13.0. The van der Waals surface area contributed by atoms with Crippen LogP contribution in [0.2, 0.25) is 5.15 Å². The summed E-state index contributed by atoms with van der Waals surface area (Å²) in [7, 11) is 0. The lowest BCUT2D eigenvalue weighted by Crippen LogP contribution is -1.90. The van der Waals surface area contributed by atoms with Crippen molar-refractivity contribution in [2.45, 2.75) is 6.42 Å². The predicted octanol–water partition coefficient (Wildman–Crippen LogP) is 4.19. The molecule has 0 spiro atoms. The van der Waals surface area contributed by atoms with E-state index in [-0.39, 0.29) is 10.7 Å². The highest BCUT2D eigenvalue weighted by Crippen LogP contribution is 2.35. The average molecular weight is 277 g/mol. The molecule has 1 heterocycles. The van der Waals surface area contributed by atoms with Gasteiger partial charge in [-0.05, 0) is 18.1 Å². The zero-order valence-corrected chi connectivity index (χ0v) is 11.0. The molecule has 1 aromatic heterocycles. The van der Waals surface area contributed by atoms with E-state index in [9.17, 15) is 0 Å². The van der Waals surface area contributed by atoms with Gasteiger partial charge < -0.3 is 4.74 Å². The first-order valence-corrected chi connectivity index (χ1v) is 6.33. The van der Waals surface area contributed by atoms with Gasteiger partial charge >= 0.3 is 0 Å². The number of ether oxygens (including phenoxy) is 1. The minimum absolute atomic E-state index is 0.179. The fraction of sp³-hybridized carbons (Fsp3) is 0.0769. The molecule has 0 aliphatic rings. The molecule has 0 N–H and O–H groups in total. The summed E-state index contributed by atoms with van der Waals surface area (Å²) in [5, 5.41) is 9.57. The third-order valence-electron chi connectivity index (χ3n) is 2.27. The first-order valence-electron chi connectivity index (χ1n) is 5.18. The number of nitrogens with zero attached hydrogens (tertiary/aromatic N) is 2. The van der Waals surface area contributed by atoms with E-state index >= 15 is 0 Å². The van der Waals surface area contributed by atoms with Crippen molar-refractivity contribution in [1.29, 1.82) is 5.26 Å². The molecule has 0 fully saturated rings. The second-order valence-corrected chi connectivity index (χ2v) is 4.54. The van der Waals surface area contributed by atoms with Crippen molar-refractivity contribution in [3.05, 3.63) is 53.2 Å². The van der Waals surface area contributed by atoms with Crippen LogP contribution in [0.1, 0.15) is 11.1 Å². The smallest absolute Gasteiger partial charge is 0.219 e. The van der Waals surface area contributed by atoms with Crippen molar-refractivity contribution in [3.8, 4) is 16.9 Å².